The number of carbonyl (C=O) groups excluding carboxylic acids is 1. The number of aromatic amines is 1. The van der Waals surface area contributed by atoms with Crippen LogP contribution in [-0.2, 0) is 23.4 Å². The Labute approximate surface area is 255 Å². The fourth-order valence-corrected chi connectivity index (χ4v) is 4.65. The summed E-state index contributed by atoms with van der Waals surface area (Å²) in [4.78, 5) is 16.5. The van der Waals surface area contributed by atoms with E-state index in [1.165, 1.54) is 0 Å². The van der Waals surface area contributed by atoms with Gasteiger partial charge in [-0.2, -0.15) is 5.21 Å². The number of tetrazole rings is 1. The summed E-state index contributed by atoms with van der Waals surface area (Å²) in [7, 11) is 0. The van der Waals surface area contributed by atoms with Crippen molar-refractivity contribution in [3.8, 4) is 33.6 Å². The maximum atomic E-state index is 11.9. The van der Waals surface area contributed by atoms with E-state index in [0.29, 0.717) is 30.2 Å². The van der Waals surface area contributed by atoms with Gasteiger partial charge in [0, 0.05) is 30.4 Å². The molecule has 0 saturated heterocycles. The van der Waals surface area contributed by atoms with E-state index in [9.17, 15) is 9.90 Å². The average Bonchev–Trinajstić information content (AvgIpc) is 3.58. The van der Waals surface area contributed by atoms with E-state index >= 15 is 0 Å². The van der Waals surface area contributed by atoms with Crippen LogP contribution in [0.5, 0.6) is 0 Å². The quantitative estimate of drug-likeness (QED) is 0.213. The van der Waals surface area contributed by atoms with Gasteiger partial charge in [-0.1, -0.05) is 79.0 Å². The topological polar surface area (TPSA) is 140 Å². The number of aromatic nitrogens is 6. The molecule has 5 rings (SSSR count). The van der Waals surface area contributed by atoms with Crippen LogP contribution in [0.1, 0.15) is 50.0 Å². The first-order valence-electron chi connectivity index (χ1n) is 12.6. The third kappa shape index (κ3) is 6.46. The molecule has 0 radical (unpaired) electrons. The van der Waals surface area contributed by atoms with Gasteiger partial charge in [0.1, 0.15) is 0 Å². The first-order valence-corrected chi connectivity index (χ1v) is 12.6. The maximum absolute atomic E-state index is 11.9. The molecule has 2 aromatic heterocycles. The molecular weight excluding hydrogens is 515 g/mol. The number of aliphatic hydroxyl groups is 1. The molecule has 2 heterocycles. The predicted molar refractivity (Wildman–Crippen MR) is 148 cm³/mol. The fraction of sp³-hybridized carbons (Fsp3) is 0.233. The molecule has 0 amide bonds. The molecule has 3 aromatic carbocycles. The van der Waals surface area contributed by atoms with Crippen LogP contribution in [0, 0.1) is 0 Å². The van der Waals surface area contributed by atoms with Crippen LogP contribution >= 0.6 is 0 Å². The third-order valence-corrected chi connectivity index (χ3v) is 6.52. The second kappa shape index (κ2) is 13.3. The molecule has 10 heteroatoms. The first kappa shape index (κ1) is 31.1. The minimum absolute atomic E-state index is 0. The minimum Gasteiger partial charge on any atom is -0.870 e. The summed E-state index contributed by atoms with van der Waals surface area (Å²) < 4.78 is 1.86. The van der Waals surface area contributed by atoms with Gasteiger partial charge in [0.05, 0.1) is 5.82 Å². The van der Waals surface area contributed by atoms with Crippen molar-refractivity contribution < 1.29 is 44.9 Å². The molecule has 0 fully saturated rings. The van der Waals surface area contributed by atoms with Crippen LogP contribution < -0.4 is 29.6 Å². The summed E-state index contributed by atoms with van der Waals surface area (Å²) in [5.74, 6) is 1.29. The van der Waals surface area contributed by atoms with Crippen molar-refractivity contribution in [2.75, 3.05) is 0 Å². The Hall–Kier alpha value is -3.47. The van der Waals surface area contributed by atoms with E-state index in [2.05, 4.69) is 68.9 Å². The van der Waals surface area contributed by atoms with E-state index in [1.54, 1.807) is 13.8 Å². The van der Waals surface area contributed by atoms with E-state index < -0.39 is 5.60 Å². The second-order valence-electron chi connectivity index (χ2n) is 9.78. The molecule has 40 heavy (non-hydrogen) atoms. The van der Waals surface area contributed by atoms with Crippen LogP contribution in [0.25, 0.3) is 33.6 Å². The van der Waals surface area contributed by atoms with Gasteiger partial charge in [0.2, 0.25) is 5.82 Å². The summed E-state index contributed by atoms with van der Waals surface area (Å²) in [6.45, 7) is 5.78. The summed E-state index contributed by atoms with van der Waals surface area (Å²) in [5.41, 5.74) is 5.49. The van der Waals surface area contributed by atoms with Crippen LogP contribution in [0.2, 0.25) is 0 Å². The molecule has 9 nitrogen and oxygen atoms in total. The Bertz CT molecular complexity index is 1540. The summed E-state index contributed by atoms with van der Waals surface area (Å²) in [6, 6.07) is 24.6. The van der Waals surface area contributed by atoms with Crippen molar-refractivity contribution >= 4 is 6.29 Å². The standard InChI is InChI=1S/C30H29N6O2.Na.H2O/c1-4-8-27-31-28(30(2,3)38)26(19-37)36(27)18-20-11-13-22(14-12-20)25-17-23(21-9-6-5-7-10-21)15-16-24(25)29-32-34-35-33-29;;/h5-7,9-17,38H,4,8,18H2,1-3H3,(H,32,33,34,35);;1H2/q-1;+1;/p-1. The van der Waals surface area contributed by atoms with Gasteiger partial charge in [-0.3, -0.25) is 0 Å². The van der Waals surface area contributed by atoms with Crippen molar-refractivity contribution in [1.82, 2.24) is 30.2 Å². The number of hydrogen-bond acceptors (Lipinski definition) is 7. The number of imidazole rings is 1. The SMILES string of the molecule is CCCc1nc(C(C)(C)O)c([C-]=O)n1Cc1ccc(-c2cc(-c3ccccc3)ccc2-c2nn[nH]n2)cc1.[Na+].[OH-]. The van der Waals surface area contributed by atoms with Gasteiger partial charge in [-0.05, 0) is 65.4 Å². The van der Waals surface area contributed by atoms with Crippen molar-refractivity contribution in [1.29, 1.82) is 0 Å². The Morgan fingerprint density at radius 3 is 2.25 bits per heavy atom. The minimum atomic E-state index is -1.24. The van der Waals surface area contributed by atoms with E-state index in [4.69, 9.17) is 0 Å². The number of aryl methyl sites for hydroxylation is 1. The van der Waals surface area contributed by atoms with Gasteiger partial charge >= 0.3 is 29.6 Å². The Balaban J connectivity index is 0.00000220. The average molecular weight is 546 g/mol. The number of benzene rings is 3. The van der Waals surface area contributed by atoms with Gasteiger partial charge in [0.15, 0.2) is 0 Å². The zero-order valence-corrected chi connectivity index (χ0v) is 25.1. The normalized spacial score (nSPS) is 11.0. The van der Waals surface area contributed by atoms with Crippen LogP contribution in [0.4, 0.5) is 0 Å². The molecule has 0 aliphatic rings. The molecule has 0 atom stereocenters. The first-order chi connectivity index (χ1) is 18.4. The van der Waals surface area contributed by atoms with Crippen LogP contribution in [0.15, 0.2) is 72.8 Å². The molecule has 0 saturated carbocycles. The van der Waals surface area contributed by atoms with Crippen molar-refractivity contribution in [2.45, 2.75) is 45.8 Å². The Morgan fingerprint density at radius 2 is 1.65 bits per heavy atom. The third-order valence-electron chi connectivity index (χ3n) is 6.52. The van der Waals surface area contributed by atoms with Gasteiger partial charge in [-0.25, -0.2) is 0 Å². The molecule has 5 aromatic rings. The molecule has 0 bridgehead atoms. The Kier molecular flexibility index (Phi) is 10.3. The molecule has 0 unspecified atom stereocenters. The number of H-pyrrole nitrogens is 1. The largest absolute Gasteiger partial charge is 1.00 e. The zero-order chi connectivity index (χ0) is 26.7. The zero-order valence-electron chi connectivity index (χ0n) is 23.1. The fourth-order valence-electron chi connectivity index (χ4n) is 4.65. The van der Waals surface area contributed by atoms with Gasteiger partial charge in [0.25, 0.3) is 0 Å². The molecule has 200 valence electrons. The summed E-state index contributed by atoms with van der Waals surface area (Å²) in [6.07, 6.45) is 3.59. The van der Waals surface area contributed by atoms with E-state index in [1.807, 2.05) is 47.3 Å². The summed E-state index contributed by atoms with van der Waals surface area (Å²) >= 11 is 0. The number of nitrogens with one attached hydrogen (secondary N) is 1. The van der Waals surface area contributed by atoms with E-state index in [-0.39, 0.29) is 35.0 Å². The molecule has 0 aliphatic carbocycles. The predicted octanol–water partition coefficient (Wildman–Crippen LogP) is 1.91. The monoisotopic (exact) mass is 545 g/mol. The van der Waals surface area contributed by atoms with E-state index in [0.717, 1.165) is 45.6 Å². The molecule has 3 N–H and O–H groups in total. The number of nitrogens with zero attached hydrogens (tertiary/aromatic N) is 5. The van der Waals surface area contributed by atoms with Crippen LogP contribution in [0.3, 0.4) is 0 Å². The van der Waals surface area contributed by atoms with Gasteiger partial charge in [-0.15, -0.1) is 10.2 Å². The molecule has 0 aliphatic heterocycles. The van der Waals surface area contributed by atoms with Crippen molar-refractivity contribution in [3.05, 3.63) is 95.6 Å². The smallest absolute Gasteiger partial charge is 0.870 e. The second-order valence-corrected chi connectivity index (χ2v) is 9.78. The molecule has 0 spiro atoms. The van der Waals surface area contributed by atoms with Gasteiger partial charge < -0.3 is 24.9 Å². The number of hydrogen-bond donors (Lipinski definition) is 2. The summed E-state index contributed by atoms with van der Waals surface area (Å²) in [5, 5.41) is 25.3. The number of rotatable bonds is 9. The maximum Gasteiger partial charge on any atom is 1.00 e. The van der Waals surface area contributed by atoms with Crippen molar-refractivity contribution in [2.24, 2.45) is 0 Å². The van der Waals surface area contributed by atoms with Crippen LogP contribution in [-0.4, -0.2) is 47.0 Å². The van der Waals surface area contributed by atoms with Crippen molar-refractivity contribution in [3.63, 3.8) is 0 Å². The molecular formula is C30H30N6NaO3-. The Morgan fingerprint density at radius 1 is 0.950 bits per heavy atom.